The Morgan fingerprint density at radius 3 is 2.37 bits per heavy atom. The van der Waals surface area contributed by atoms with Crippen molar-refractivity contribution in [3.05, 3.63) is 33.9 Å². The summed E-state index contributed by atoms with van der Waals surface area (Å²) in [4.78, 5) is 22.2. The Morgan fingerprint density at radius 1 is 1.37 bits per heavy atom. The Hall–Kier alpha value is -2.32. The standard InChI is InChI=1S/C10H10F3N3O3/c1-15(2)9(17)14-7-4-3-6(10(11,12)13)5-8(7)16(18)19/h3-5H,1-2H3,(H,14,17). The number of urea groups is 1. The number of hydrogen-bond acceptors (Lipinski definition) is 3. The van der Waals surface area contributed by atoms with E-state index in [1.54, 1.807) is 0 Å². The van der Waals surface area contributed by atoms with Crippen molar-refractivity contribution in [2.45, 2.75) is 6.18 Å². The highest BCUT2D eigenvalue weighted by Crippen LogP contribution is 2.34. The maximum Gasteiger partial charge on any atom is 0.416 e. The number of carbonyl (C=O) groups excluding carboxylic acids is 1. The Morgan fingerprint density at radius 2 is 1.95 bits per heavy atom. The van der Waals surface area contributed by atoms with Gasteiger partial charge in [0.05, 0.1) is 10.5 Å². The van der Waals surface area contributed by atoms with Gasteiger partial charge in [0.2, 0.25) is 0 Å². The number of nitro benzene ring substituents is 1. The van der Waals surface area contributed by atoms with Crippen LogP contribution in [0.5, 0.6) is 0 Å². The molecule has 0 aromatic heterocycles. The van der Waals surface area contributed by atoms with Crippen molar-refractivity contribution in [2.75, 3.05) is 19.4 Å². The lowest BCUT2D eigenvalue weighted by Gasteiger charge is -2.13. The third-order valence-corrected chi connectivity index (χ3v) is 2.17. The van der Waals surface area contributed by atoms with Crippen LogP contribution in [0.3, 0.4) is 0 Å². The van der Waals surface area contributed by atoms with Gasteiger partial charge in [-0.25, -0.2) is 4.79 Å². The minimum atomic E-state index is -4.69. The van der Waals surface area contributed by atoms with Crippen molar-refractivity contribution < 1.29 is 22.9 Å². The van der Waals surface area contributed by atoms with Gasteiger partial charge in [-0.05, 0) is 12.1 Å². The van der Waals surface area contributed by atoms with Crippen molar-refractivity contribution in [3.8, 4) is 0 Å². The monoisotopic (exact) mass is 277 g/mol. The smallest absolute Gasteiger partial charge is 0.331 e. The fraction of sp³-hybridized carbons (Fsp3) is 0.300. The molecule has 0 unspecified atom stereocenters. The molecule has 2 amide bonds. The molecule has 0 spiro atoms. The maximum absolute atomic E-state index is 12.4. The molecule has 1 rings (SSSR count). The predicted octanol–water partition coefficient (Wildman–Crippen LogP) is 2.71. The number of alkyl halides is 3. The Balaban J connectivity index is 3.20. The van der Waals surface area contributed by atoms with Crippen LogP contribution in [-0.2, 0) is 6.18 Å². The summed E-state index contributed by atoms with van der Waals surface area (Å²) in [5.74, 6) is 0. The van der Waals surface area contributed by atoms with Gasteiger partial charge in [-0.3, -0.25) is 10.1 Å². The van der Waals surface area contributed by atoms with Crippen molar-refractivity contribution in [2.24, 2.45) is 0 Å². The molecule has 104 valence electrons. The molecule has 0 aliphatic carbocycles. The normalized spacial score (nSPS) is 11.0. The van der Waals surface area contributed by atoms with E-state index >= 15 is 0 Å². The van der Waals surface area contributed by atoms with Gasteiger partial charge in [-0.15, -0.1) is 0 Å². The summed E-state index contributed by atoms with van der Waals surface area (Å²) >= 11 is 0. The number of nitrogens with one attached hydrogen (secondary N) is 1. The summed E-state index contributed by atoms with van der Waals surface area (Å²) in [5, 5.41) is 12.9. The van der Waals surface area contributed by atoms with Crippen LogP contribution in [0.2, 0.25) is 0 Å². The quantitative estimate of drug-likeness (QED) is 0.667. The molecule has 0 bridgehead atoms. The molecule has 19 heavy (non-hydrogen) atoms. The summed E-state index contributed by atoms with van der Waals surface area (Å²) in [7, 11) is 2.79. The van der Waals surface area contributed by atoms with E-state index in [0.717, 1.165) is 11.0 Å². The van der Waals surface area contributed by atoms with E-state index in [1.807, 2.05) is 0 Å². The Kier molecular flexibility index (Phi) is 3.98. The highest BCUT2D eigenvalue weighted by molar-refractivity contribution is 5.91. The van der Waals surface area contributed by atoms with Gasteiger partial charge >= 0.3 is 12.2 Å². The van der Waals surface area contributed by atoms with Crippen LogP contribution in [0.25, 0.3) is 0 Å². The van der Waals surface area contributed by atoms with E-state index in [2.05, 4.69) is 5.32 Å². The van der Waals surface area contributed by atoms with Crippen LogP contribution < -0.4 is 5.32 Å². The molecule has 1 N–H and O–H groups in total. The van der Waals surface area contributed by atoms with Gasteiger partial charge in [0, 0.05) is 20.2 Å². The average Bonchev–Trinajstić information content (AvgIpc) is 2.27. The van der Waals surface area contributed by atoms with Gasteiger partial charge in [0.25, 0.3) is 5.69 Å². The number of amides is 2. The number of nitro groups is 1. The molecule has 0 saturated heterocycles. The zero-order chi connectivity index (χ0) is 14.8. The number of anilines is 1. The van der Waals surface area contributed by atoms with Crippen molar-refractivity contribution in [3.63, 3.8) is 0 Å². The predicted molar refractivity (Wildman–Crippen MR) is 60.8 cm³/mol. The molecule has 0 fully saturated rings. The second-order valence-electron chi connectivity index (χ2n) is 3.81. The summed E-state index contributed by atoms with van der Waals surface area (Å²) < 4.78 is 37.3. The number of halogens is 3. The van der Waals surface area contributed by atoms with Crippen LogP contribution in [-0.4, -0.2) is 29.9 Å². The fourth-order valence-corrected chi connectivity index (χ4v) is 1.19. The van der Waals surface area contributed by atoms with Gasteiger partial charge < -0.3 is 10.2 Å². The minimum Gasteiger partial charge on any atom is -0.331 e. The van der Waals surface area contributed by atoms with Crippen LogP contribution in [0, 0.1) is 10.1 Å². The third kappa shape index (κ3) is 3.57. The molecule has 0 heterocycles. The van der Waals surface area contributed by atoms with Crippen molar-refractivity contribution >= 4 is 17.4 Å². The number of carbonyl (C=O) groups is 1. The van der Waals surface area contributed by atoms with Gasteiger partial charge in [0.1, 0.15) is 5.69 Å². The highest BCUT2D eigenvalue weighted by atomic mass is 19.4. The molecule has 6 nitrogen and oxygen atoms in total. The number of benzene rings is 1. The SMILES string of the molecule is CN(C)C(=O)Nc1ccc(C(F)(F)F)cc1[N+](=O)[O-]. The fourth-order valence-electron chi connectivity index (χ4n) is 1.19. The molecule has 0 radical (unpaired) electrons. The maximum atomic E-state index is 12.4. The van der Waals surface area contributed by atoms with Crippen LogP contribution in [0.1, 0.15) is 5.56 Å². The third-order valence-electron chi connectivity index (χ3n) is 2.17. The summed E-state index contributed by atoms with van der Waals surface area (Å²) in [6.07, 6.45) is -4.69. The molecule has 0 atom stereocenters. The van der Waals surface area contributed by atoms with Crippen LogP contribution in [0.15, 0.2) is 18.2 Å². The minimum absolute atomic E-state index is 0.295. The van der Waals surface area contributed by atoms with E-state index in [1.165, 1.54) is 14.1 Å². The van der Waals surface area contributed by atoms with E-state index in [4.69, 9.17) is 0 Å². The second-order valence-corrected chi connectivity index (χ2v) is 3.81. The zero-order valence-electron chi connectivity index (χ0n) is 9.99. The highest BCUT2D eigenvalue weighted by Gasteiger charge is 2.33. The average molecular weight is 277 g/mol. The lowest BCUT2D eigenvalue weighted by molar-refractivity contribution is -0.384. The molecular formula is C10H10F3N3O3. The lowest BCUT2D eigenvalue weighted by atomic mass is 10.1. The van der Waals surface area contributed by atoms with E-state index in [0.29, 0.717) is 12.1 Å². The van der Waals surface area contributed by atoms with E-state index in [-0.39, 0.29) is 5.69 Å². The van der Waals surface area contributed by atoms with Crippen LogP contribution >= 0.6 is 0 Å². The molecular weight excluding hydrogens is 267 g/mol. The summed E-state index contributed by atoms with van der Waals surface area (Å²) in [6.45, 7) is 0. The first kappa shape index (κ1) is 14.7. The van der Waals surface area contributed by atoms with E-state index < -0.39 is 28.4 Å². The Bertz CT molecular complexity index is 514. The molecule has 9 heteroatoms. The number of hydrogen-bond donors (Lipinski definition) is 1. The zero-order valence-corrected chi connectivity index (χ0v) is 9.99. The van der Waals surface area contributed by atoms with Gasteiger partial charge in [-0.1, -0.05) is 0 Å². The van der Waals surface area contributed by atoms with Crippen molar-refractivity contribution in [1.29, 1.82) is 0 Å². The largest absolute Gasteiger partial charge is 0.416 e. The summed E-state index contributed by atoms with van der Waals surface area (Å²) in [6, 6.07) is 1.22. The van der Waals surface area contributed by atoms with Crippen LogP contribution in [0.4, 0.5) is 29.3 Å². The molecule has 1 aromatic rings. The van der Waals surface area contributed by atoms with Crippen molar-refractivity contribution in [1.82, 2.24) is 4.90 Å². The second kappa shape index (κ2) is 5.12. The lowest BCUT2D eigenvalue weighted by Crippen LogP contribution is -2.27. The first-order chi connectivity index (χ1) is 8.62. The molecule has 1 aromatic carbocycles. The first-order valence-electron chi connectivity index (χ1n) is 4.97. The van der Waals surface area contributed by atoms with E-state index in [9.17, 15) is 28.1 Å². The molecule has 0 aliphatic heterocycles. The van der Waals surface area contributed by atoms with Gasteiger partial charge in [0.15, 0.2) is 0 Å². The number of nitrogens with zero attached hydrogens (tertiary/aromatic N) is 2. The van der Waals surface area contributed by atoms with Gasteiger partial charge in [-0.2, -0.15) is 13.2 Å². The topological polar surface area (TPSA) is 75.5 Å². The first-order valence-corrected chi connectivity index (χ1v) is 4.97. The molecule has 0 saturated carbocycles. The number of rotatable bonds is 2. The molecule has 0 aliphatic rings. The Labute approximate surface area is 106 Å². The summed E-state index contributed by atoms with van der Waals surface area (Å²) in [5.41, 5.74) is -2.26.